The Morgan fingerprint density at radius 3 is 2.56 bits per heavy atom. The Bertz CT molecular complexity index is 438. The molecule has 4 nitrogen and oxygen atoms in total. The van der Waals surface area contributed by atoms with E-state index in [-0.39, 0.29) is 11.8 Å². The zero-order valence-corrected chi connectivity index (χ0v) is 9.44. The van der Waals surface area contributed by atoms with Gasteiger partial charge in [0.05, 0.1) is 17.2 Å². The van der Waals surface area contributed by atoms with Crippen LogP contribution < -0.4 is 5.73 Å². The summed E-state index contributed by atoms with van der Waals surface area (Å²) < 4.78 is 36.9. The largest absolute Gasteiger partial charge is 0.417 e. The first-order valence-corrected chi connectivity index (χ1v) is 5.40. The van der Waals surface area contributed by atoms with Crippen molar-refractivity contribution in [3.63, 3.8) is 0 Å². The lowest BCUT2D eigenvalue weighted by atomic mass is 9.99. The molecule has 0 spiro atoms. The monoisotopic (exact) mass is 259 g/mol. The fourth-order valence-corrected chi connectivity index (χ4v) is 1.79. The number of nitrogens with two attached hydrogens (primary N) is 1. The smallest absolute Gasteiger partial charge is 0.369 e. The van der Waals surface area contributed by atoms with Crippen molar-refractivity contribution >= 4 is 5.91 Å². The summed E-state index contributed by atoms with van der Waals surface area (Å²) in [4.78, 5) is 16.5. The lowest BCUT2D eigenvalue weighted by Crippen LogP contribution is -2.51. The van der Waals surface area contributed by atoms with Crippen LogP contribution in [0.25, 0.3) is 0 Å². The van der Waals surface area contributed by atoms with Gasteiger partial charge in [-0.1, -0.05) is 0 Å². The summed E-state index contributed by atoms with van der Waals surface area (Å²) in [6, 6.07) is 2.36. The molecule has 0 saturated carbocycles. The second kappa shape index (κ2) is 4.56. The maximum absolute atomic E-state index is 12.3. The second-order valence-electron chi connectivity index (χ2n) is 4.33. The van der Waals surface area contributed by atoms with Crippen molar-refractivity contribution in [2.45, 2.75) is 12.7 Å². The number of carbonyl (C=O) groups is 1. The molecule has 1 aromatic heterocycles. The van der Waals surface area contributed by atoms with Crippen LogP contribution in [0.3, 0.4) is 0 Å². The van der Waals surface area contributed by atoms with Crippen LogP contribution in [0.5, 0.6) is 0 Å². The fraction of sp³-hybridized carbons (Fsp3) is 0.455. The summed E-state index contributed by atoms with van der Waals surface area (Å²) >= 11 is 0. The molecule has 0 aliphatic carbocycles. The Hall–Kier alpha value is -1.63. The number of primary amides is 1. The van der Waals surface area contributed by atoms with Gasteiger partial charge in [0, 0.05) is 25.8 Å². The van der Waals surface area contributed by atoms with Gasteiger partial charge in [-0.15, -0.1) is 0 Å². The van der Waals surface area contributed by atoms with Crippen molar-refractivity contribution in [3.05, 3.63) is 29.6 Å². The van der Waals surface area contributed by atoms with E-state index in [9.17, 15) is 18.0 Å². The number of pyridine rings is 1. The zero-order chi connectivity index (χ0) is 13.3. The van der Waals surface area contributed by atoms with Gasteiger partial charge in [0.1, 0.15) is 0 Å². The van der Waals surface area contributed by atoms with Crippen LogP contribution in [-0.4, -0.2) is 28.9 Å². The van der Waals surface area contributed by atoms with Gasteiger partial charge in [-0.2, -0.15) is 13.2 Å². The molecule has 1 aliphatic rings. The van der Waals surface area contributed by atoms with E-state index in [1.165, 1.54) is 6.07 Å². The highest BCUT2D eigenvalue weighted by molar-refractivity contribution is 5.78. The fourth-order valence-electron chi connectivity index (χ4n) is 1.79. The van der Waals surface area contributed by atoms with Gasteiger partial charge in [-0.25, -0.2) is 0 Å². The molecule has 0 bridgehead atoms. The minimum Gasteiger partial charge on any atom is -0.369 e. The summed E-state index contributed by atoms with van der Waals surface area (Å²) in [5, 5.41) is 0. The number of alkyl halides is 3. The molecule has 0 radical (unpaired) electrons. The highest BCUT2D eigenvalue weighted by atomic mass is 19.4. The third kappa shape index (κ3) is 2.79. The van der Waals surface area contributed by atoms with E-state index in [0.717, 1.165) is 12.3 Å². The molecule has 1 fully saturated rings. The van der Waals surface area contributed by atoms with Crippen LogP contribution in [0.2, 0.25) is 0 Å². The Balaban J connectivity index is 1.90. The Kier molecular flexibility index (Phi) is 3.25. The first-order chi connectivity index (χ1) is 8.36. The van der Waals surface area contributed by atoms with E-state index in [2.05, 4.69) is 4.98 Å². The van der Waals surface area contributed by atoms with Crippen molar-refractivity contribution in [3.8, 4) is 0 Å². The number of likely N-dealkylation sites (tertiary alicyclic amines) is 1. The molecule has 1 aliphatic heterocycles. The average Bonchev–Trinajstić information content (AvgIpc) is 2.21. The van der Waals surface area contributed by atoms with Gasteiger partial charge in [0.25, 0.3) is 0 Å². The molecule has 18 heavy (non-hydrogen) atoms. The van der Waals surface area contributed by atoms with Gasteiger partial charge >= 0.3 is 6.18 Å². The van der Waals surface area contributed by atoms with Gasteiger partial charge in [0.15, 0.2) is 0 Å². The van der Waals surface area contributed by atoms with Crippen molar-refractivity contribution in [2.24, 2.45) is 11.7 Å². The molecule has 2 N–H and O–H groups in total. The van der Waals surface area contributed by atoms with E-state index in [1.54, 1.807) is 0 Å². The molecule has 2 rings (SSSR count). The van der Waals surface area contributed by atoms with Gasteiger partial charge in [-0.05, 0) is 12.1 Å². The van der Waals surface area contributed by atoms with Gasteiger partial charge in [0.2, 0.25) is 5.91 Å². The molecular weight excluding hydrogens is 247 g/mol. The Morgan fingerprint density at radius 2 is 2.11 bits per heavy atom. The number of halogens is 3. The molecule has 0 unspecified atom stereocenters. The third-order valence-corrected chi connectivity index (χ3v) is 2.90. The molecule has 0 atom stereocenters. The second-order valence-corrected chi connectivity index (χ2v) is 4.33. The molecule has 0 aromatic carbocycles. The Morgan fingerprint density at radius 1 is 1.44 bits per heavy atom. The van der Waals surface area contributed by atoms with Crippen LogP contribution in [0.15, 0.2) is 18.3 Å². The van der Waals surface area contributed by atoms with Crippen LogP contribution in [-0.2, 0) is 17.5 Å². The summed E-state index contributed by atoms with van der Waals surface area (Å²) in [6.45, 7) is 1.51. The summed E-state index contributed by atoms with van der Waals surface area (Å²) in [7, 11) is 0. The highest BCUT2D eigenvalue weighted by Gasteiger charge is 2.32. The Labute approximate surface area is 102 Å². The number of nitrogens with zero attached hydrogens (tertiary/aromatic N) is 2. The van der Waals surface area contributed by atoms with Crippen molar-refractivity contribution in [2.75, 3.05) is 13.1 Å². The molecule has 7 heteroatoms. The topological polar surface area (TPSA) is 59.2 Å². The zero-order valence-electron chi connectivity index (χ0n) is 9.44. The number of hydrogen-bond donors (Lipinski definition) is 1. The van der Waals surface area contributed by atoms with Gasteiger partial charge in [-0.3, -0.25) is 14.7 Å². The SMILES string of the molecule is NC(=O)C1CN(Cc2ccc(C(F)(F)F)cn2)C1. The molecule has 2 heterocycles. The molecule has 1 aromatic rings. The number of hydrogen-bond acceptors (Lipinski definition) is 3. The van der Waals surface area contributed by atoms with Crippen LogP contribution in [0.1, 0.15) is 11.3 Å². The van der Waals surface area contributed by atoms with Crippen LogP contribution >= 0.6 is 0 Å². The lowest BCUT2D eigenvalue weighted by Gasteiger charge is -2.36. The quantitative estimate of drug-likeness (QED) is 0.881. The van der Waals surface area contributed by atoms with Crippen molar-refractivity contribution in [1.82, 2.24) is 9.88 Å². The minimum atomic E-state index is -4.36. The number of amides is 1. The van der Waals surface area contributed by atoms with Crippen LogP contribution in [0.4, 0.5) is 13.2 Å². The average molecular weight is 259 g/mol. The normalized spacial score (nSPS) is 17.5. The highest BCUT2D eigenvalue weighted by Crippen LogP contribution is 2.28. The standard InChI is InChI=1S/C11H12F3N3O/c12-11(13,14)8-1-2-9(16-3-8)6-17-4-7(5-17)10(15)18/h1-3,7H,4-6H2,(H2,15,18). The van der Waals surface area contributed by atoms with Crippen LogP contribution in [0, 0.1) is 5.92 Å². The van der Waals surface area contributed by atoms with Crippen molar-refractivity contribution < 1.29 is 18.0 Å². The maximum Gasteiger partial charge on any atom is 0.417 e. The van der Waals surface area contributed by atoms with E-state index in [4.69, 9.17) is 5.73 Å². The predicted molar refractivity (Wildman–Crippen MR) is 57.2 cm³/mol. The molecule has 1 saturated heterocycles. The number of aromatic nitrogens is 1. The maximum atomic E-state index is 12.3. The molecule has 1 amide bonds. The number of rotatable bonds is 3. The molecule has 98 valence electrons. The predicted octanol–water partition coefficient (Wildman–Crippen LogP) is 1.02. The summed E-state index contributed by atoms with van der Waals surface area (Å²) in [5.41, 5.74) is 4.90. The van der Waals surface area contributed by atoms with Gasteiger partial charge < -0.3 is 5.73 Å². The third-order valence-electron chi connectivity index (χ3n) is 2.90. The van der Waals surface area contributed by atoms with E-state index < -0.39 is 11.7 Å². The van der Waals surface area contributed by atoms with E-state index in [0.29, 0.717) is 25.3 Å². The first-order valence-electron chi connectivity index (χ1n) is 5.40. The van der Waals surface area contributed by atoms with E-state index in [1.807, 2.05) is 4.90 Å². The van der Waals surface area contributed by atoms with Crippen molar-refractivity contribution in [1.29, 1.82) is 0 Å². The number of carbonyl (C=O) groups excluding carboxylic acids is 1. The lowest BCUT2D eigenvalue weighted by molar-refractivity contribution is -0.138. The summed E-state index contributed by atoms with van der Waals surface area (Å²) in [6.07, 6.45) is -3.54. The van der Waals surface area contributed by atoms with E-state index >= 15 is 0 Å². The minimum absolute atomic E-state index is 0.153. The first kappa shape index (κ1) is 12.8. The molecular formula is C11H12F3N3O. The summed E-state index contributed by atoms with van der Waals surface area (Å²) in [5.74, 6) is -0.494.